The molecule has 2 rings (SSSR count). The maximum absolute atomic E-state index is 12.0. The minimum atomic E-state index is -0.819. The first kappa shape index (κ1) is 20.6. The van der Waals surface area contributed by atoms with Crippen molar-refractivity contribution in [3.8, 4) is 0 Å². The number of benzene rings is 2. The van der Waals surface area contributed by atoms with Gasteiger partial charge in [0.05, 0.1) is 4.92 Å². The summed E-state index contributed by atoms with van der Waals surface area (Å²) in [6.45, 7) is 3.77. The Labute approximate surface area is 161 Å². The highest BCUT2D eigenvalue weighted by molar-refractivity contribution is 5.99. The molecule has 0 saturated carbocycles. The molecule has 9 nitrogen and oxygen atoms in total. The van der Waals surface area contributed by atoms with E-state index in [2.05, 4.69) is 16.2 Å². The molecule has 0 aliphatic carbocycles. The van der Waals surface area contributed by atoms with Crippen LogP contribution in [0.3, 0.4) is 0 Å². The zero-order chi connectivity index (χ0) is 20.7. The Bertz CT molecular complexity index is 926. The molecule has 28 heavy (non-hydrogen) atoms. The van der Waals surface area contributed by atoms with E-state index < -0.39 is 16.7 Å². The summed E-state index contributed by atoms with van der Waals surface area (Å²) in [5.41, 5.74) is 6.28. The molecule has 0 spiro atoms. The second kappa shape index (κ2) is 9.26. The van der Waals surface area contributed by atoms with Gasteiger partial charge in [-0.3, -0.25) is 35.3 Å². The molecule has 3 N–H and O–H groups in total. The summed E-state index contributed by atoms with van der Waals surface area (Å²) in [5, 5.41) is 13.7. The molecule has 0 aliphatic rings. The predicted molar refractivity (Wildman–Crippen MR) is 102 cm³/mol. The number of anilines is 1. The van der Waals surface area contributed by atoms with E-state index in [0.717, 1.165) is 11.1 Å². The number of hydrogen-bond donors (Lipinski definition) is 3. The lowest BCUT2D eigenvalue weighted by molar-refractivity contribution is -0.385. The van der Waals surface area contributed by atoms with E-state index in [1.54, 1.807) is 0 Å². The average molecular weight is 384 g/mol. The molecule has 0 aliphatic heterocycles. The van der Waals surface area contributed by atoms with Crippen LogP contribution >= 0.6 is 0 Å². The molecule has 0 radical (unpaired) electrons. The third-order valence-electron chi connectivity index (χ3n) is 3.91. The molecule has 0 unspecified atom stereocenters. The van der Waals surface area contributed by atoms with Crippen molar-refractivity contribution in [3.63, 3.8) is 0 Å². The topological polar surface area (TPSA) is 130 Å². The summed E-state index contributed by atoms with van der Waals surface area (Å²) >= 11 is 0. The lowest BCUT2D eigenvalue weighted by Gasteiger charge is -2.10. The van der Waals surface area contributed by atoms with Crippen LogP contribution in [0, 0.1) is 24.0 Å². The Morgan fingerprint density at radius 1 is 0.964 bits per heavy atom. The highest BCUT2D eigenvalue weighted by Gasteiger charge is 2.19. The van der Waals surface area contributed by atoms with Gasteiger partial charge in [0.15, 0.2) is 0 Å². The maximum Gasteiger partial charge on any atom is 0.282 e. The number of carbonyl (C=O) groups excluding carboxylic acids is 3. The molecule has 2 aromatic rings. The van der Waals surface area contributed by atoms with Crippen molar-refractivity contribution in [2.24, 2.45) is 0 Å². The van der Waals surface area contributed by atoms with Crippen LogP contribution in [0.4, 0.5) is 11.4 Å². The van der Waals surface area contributed by atoms with E-state index in [-0.39, 0.29) is 30.0 Å². The summed E-state index contributed by atoms with van der Waals surface area (Å²) in [7, 11) is 0. The molecular formula is C19H20N4O5. The SMILES string of the molecule is Cc1ccc(C)c(NC(=O)CCC(=O)NNC(=O)c2ccccc2[N+](=O)[O-])c1. The van der Waals surface area contributed by atoms with Gasteiger partial charge in [-0.05, 0) is 37.1 Å². The monoisotopic (exact) mass is 384 g/mol. The van der Waals surface area contributed by atoms with Crippen molar-refractivity contribution in [2.75, 3.05) is 5.32 Å². The smallest absolute Gasteiger partial charge is 0.282 e. The Balaban J connectivity index is 1.83. The van der Waals surface area contributed by atoms with Gasteiger partial charge in [0, 0.05) is 24.6 Å². The normalized spacial score (nSPS) is 10.1. The standard InChI is InChI=1S/C19H20N4O5/c1-12-7-8-13(2)15(11-12)20-17(24)9-10-18(25)21-22-19(26)14-5-3-4-6-16(14)23(27)28/h3-8,11H,9-10H2,1-2H3,(H,20,24)(H,21,25)(H,22,26). The number of nitro groups is 1. The highest BCUT2D eigenvalue weighted by atomic mass is 16.6. The fourth-order valence-corrected chi connectivity index (χ4v) is 2.39. The van der Waals surface area contributed by atoms with E-state index in [9.17, 15) is 24.5 Å². The number of hydrazine groups is 1. The third kappa shape index (κ3) is 5.63. The number of nitrogens with zero attached hydrogens (tertiary/aromatic N) is 1. The largest absolute Gasteiger partial charge is 0.326 e. The van der Waals surface area contributed by atoms with Crippen molar-refractivity contribution < 1.29 is 19.3 Å². The van der Waals surface area contributed by atoms with E-state index in [1.807, 2.05) is 32.0 Å². The van der Waals surface area contributed by atoms with Crippen molar-refractivity contribution >= 4 is 29.1 Å². The fourth-order valence-electron chi connectivity index (χ4n) is 2.39. The first-order valence-corrected chi connectivity index (χ1v) is 8.47. The van der Waals surface area contributed by atoms with Crippen LogP contribution < -0.4 is 16.2 Å². The molecule has 0 heterocycles. The van der Waals surface area contributed by atoms with Gasteiger partial charge in [0.25, 0.3) is 11.6 Å². The Kier molecular flexibility index (Phi) is 6.80. The molecule has 0 atom stereocenters. The summed E-state index contributed by atoms with van der Waals surface area (Å²) in [6.07, 6.45) is -0.242. The summed E-state index contributed by atoms with van der Waals surface area (Å²) in [6, 6.07) is 11.0. The Morgan fingerprint density at radius 2 is 1.64 bits per heavy atom. The molecule has 2 aromatic carbocycles. The first-order valence-electron chi connectivity index (χ1n) is 8.47. The lowest BCUT2D eigenvalue weighted by Crippen LogP contribution is -2.42. The number of amides is 3. The van der Waals surface area contributed by atoms with Gasteiger partial charge < -0.3 is 5.32 Å². The zero-order valence-electron chi connectivity index (χ0n) is 15.4. The van der Waals surface area contributed by atoms with E-state index in [4.69, 9.17) is 0 Å². The number of nitrogens with one attached hydrogen (secondary N) is 3. The Morgan fingerprint density at radius 3 is 2.36 bits per heavy atom. The van der Waals surface area contributed by atoms with Gasteiger partial charge in [0.1, 0.15) is 5.56 Å². The number of carbonyl (C=O) groups is 3. The minimum Gasteiger partial charge on any atom is -0.326 e. The fraction of sp³-hybridized carbons (Fsp3) is 0.211. The van der Waals surface area contributed by atoms with Gasteiger partial charge in [-0.2, -0.15) is 0 Å². The van der Waals surface area contributed by atoms with Crippen LogP contribution in [0.2, 0.25) is 0 Å². The molecule has 3 amide bonds. The van der Waals surface area contributed by atoms with Gasteiger partial charge in [-0.15, -0.1) is 0 Å². The van der Waals surface area contributed by atoms with Crippen LogP contribution in [0.25, 0.3) is 0 Å². The highest BCUT2D eigenvalue weighted by Crippen LogP contribution is 2.17. The van der Waals surface area contributed by atoms with E-state index in [1.165, 1.54) is 24.3 Å². The molecule has 146 valence electrons. The van der Waals surface area contributed by atoms with Crippen molar-refractivity contribution in [1.29, 1.82) is 0 Å². The lowest BCUT2D eigenvalue weighted by atomic mass is 10.1. The van der Waals surface area contributed by atoms with Crippen molar-refractivity contribution in [3.05, 3.63) is 69.3 Å². The van der Waals surface area contributed by atoms with Crippen LogP contribution in [0.15, 0.2) is 42.5 Å². The summed E-state index contributed by atoms with van der Waals surface area (Å²) in [5.74, 6) is -1.75. The van der Waals surface area contributed by atoms with Crippen molar-refractivity contribution in [1.82, 2.24) is 10.9 Å². The second-order valence-electron chi connectivity index (χ2n) is 6.14. The van der Waals surface area contributed by atoms with Crippen LogP contribution in [-0.2, 0) is 9.59 Å². The first-order chi connectivity index (χ1) is 13.3. The zero-order valence-corrected chi connectivity index (χ0v) is 15.4. The summed E-state index contributed by atoms with van der Waals surface area (Å²) in [4.78, 5) is 46.1. The van der Waals surface area contributed by atoms with Gasteiger partial charge in [-0.1, -0.05) is 24.3 Å². The quantitative estimate of drug-likeness (QED) is 0.520. The number of aryl methyl sites for hydroxylation is 2. The van der Waals surface area contributed by atoms with E-state index >= 15 is 0 Å². The number of para-hydroxylation sites is 1. The second-order valence-corrected chi connectivity index (χ2v) is 6.14. The van der Waals surface area contributed by atoms with Gasteiger partial charge in [0.2, 0.25) is 11.8 Å². The average Bonchev–Trinajstić information content (AvgIpc) is 2.67. The summed E-state index contributed by atoms with van der Waals surface area (Å²) < 4.78 is 0. The third-order valence-corrected chi connectivity index (χ3v) is 3.91. The molecular weight excluding hydrogens is 364 g/mol. The molecule has 0 saturated heterocycles. The minimum absolute atomic E-state index is 0.0828. The van der Waals surface area contributed by atoms with Crippen LogP contribution in [0.5, 0.6) is 0 Å². The molecule has 0 bridgehead atoms. The molecule has 0 fully saturated rings. The number of hydrogen-bond acceptors (Lipinski definition) is 5. The predicted octanol–water partition coefficient (Wildman–Crippen LogP) is 2.39. The van der Waals surface area contributed by atoms with Crippen molar-refractivity contribution in [2.45, 2.75) is 26.7 Å². The number of nitro benzene ring substituents is 1. The van der Waals surface area contributed by atoms with Gasteiger partial charge in [-0.25, -0.2) is 0 Å². The van der Waals surface area contributed by atoms with Crippen LogP contribution in [0.1, 0.15) is 34.3 Å². The molecule has 0 aromatic heterocycles. The number of rotatable bonds is 6. The van der Waals surface area contributed by atoms with E-state index in [0.29, 0.717) is 5.69 Å². The Hall–Kier alpha value is -3.75. The molecule has 9 heteroatoms. The maximum atomic E-state index is 12.0. The van der Waals surface area contributed by atoms with Crippen LogP contribution in [-0.4, -0.2) is 22.6 Å². The van der Waals surface area contributed by atoms with Gasteiger partial charge >= 0.3 is 0 Å².